The Morgan fingerprint density at radius 1 is 1.08 bits per heavy atom. The highest BCUT2D eigenvalue weighted by Crippen LogP contribution is 2.22. The van der Waals surface area contributed by atoms with Crippen molar-refractivity contribution in [1.29, 1.82) is 0 Å². The van der Waals surface area contributed by atoms with Gasteiger partial charge in [0.05, 0.1) is 6.04 Å². The van der Waals surface area contributed by atoms with E-state index in [0.717, 1.165) is 5.56 Å². The number of hydrogen-bond acceptors (Lipinski definition) is 3. The Morgan fingerprint density at radius 3 is 2.40 bits per heavy atom. The van der Waals surface area contributed by atoms with Gasteiger partial charge in [0, 0.05) is 16.1 Å². The van der Waals surface area contributed by atoms with Crippen LogP contribution < -0.4 is 5.32 Å². The monoisotopic (exact) mass is 377 g/mol. The minimum Gasteiger partial charge on any atom is -0.452 e. The molecule has 0 aliphatic carbocycles. The van der Waals surface area contributed by atoms with Gasteiger partial charge in [0.25, 0.3) is 5.91 Å². The number of esters is 1. The Labute approximate surface area is 156 Å². The highest BCUT2D eigenvalue weighted by molar-refractivity contribution is 6.32. The second-order valence-corrected chi connectivity index (χ2v) is 6.09. The average Bonchev–Trinajstić information content (AvgIpc) is 2.59. The molecule has 0 saturated heterocycles. The van der Waals surface area contributed by atoms with Gasteiger partial charge < -0.3 is 10.1 Å². The first-order valence-corrected chi connectivity index (χ1v) is 8.36. The van der Waals surface area contributed by atoms with Gasteiger partial charge >= 0.3 is 5.97 Å². The molecule has 0 aliphatic heterocycles. The zero-order valence-corrected chi connectivity index (χ0v) is 15.1. The standard InChI is InChI=1S/C19H17Cl2NO3/c1-13(15-7-3-5-9-17(15)21)22-18(23)12-25-19(24)11-10-14-6-2-4-8-16(14)20/h2-11,13H,12H2,1H3,(H,22,23)/b11-10+/t13-/m1/s1. The third-order valence-electron chi connectivity index (χ3n) is 3.40. The molecule has 1 amide bonds. The molecule has 0 radical (unpaired) electrons. The molecular formula is C19H17Cl2NO3. The highest BCUT2D eigenvalue weighted by Gasteiger charge is 2.13. The lowest BCUT2D eigenvalue weighted by Gasteiger charge is -2.15. The number of carbonyl (C=O) groups excluding carboxylic acids is 2. The van der Waals surface area contributed by atoms with Crippen LogP contribution in [0.5, 0.6) is 0 Å². The Morgan fingerprint density at radius 2 is 1.72 bits per heavy atom. The minimum absolute atomic E-state index is 0.293. The fourth-order valence-electron chi connectivity index (χ4n) is 2.14. The fourth-order valence-corrected chi connectivity index (χ4v) is 2.64. The molecule has 1 atom stereocenters. The van der Waals surface area contributed by atoms with Gasteiger partial charge in [0.2, 0.25) is 0 Å². The number of rotatable bonds is 6. The van der Waals surface area contributed by atoms with Crippen LogP contribution >= 0.6 is 23.2 Å². The molecule has 130 valence electrons. The zero-order chi connectivity index (χ0) is 18.2. The van der Waals surface area contributed by atoms with Crippen molar-refractivity contribution in [3.05, 3.63) is 75.8 Å². The lowest BCUT2D eigenvalue weighted by atomic mass is 10.1. The maximum Gasteiger partial charge on any atom is 0.331 e. The van der Waals surface area contributed by atoms with Gasteiger partial charge in [-0.1, -0.05) is 59.6 Å². The Bertz CT molecular complexity index is 790. The summed E-state index contributed by atoms with van der Waals surface area (Å²) in [5.41, 5.74) is 1.49. The van der Waals surface area contributed by atoms with Crippen molar-refractivity contribution in [2.45, 2.75) is 13.0 Å². The summed E-state index contributed by atoms with van der Waals surface area (Å²) >= 11 is 12.1. The van der Waals surface area contributed by atoms with E-state index in [9.17, 15) is 9.59 Å². The van der Waals surface area contributed by atoms with Gasteiger partial charge in [-0.2, -0.15) is 0 Å². The summed E-state index contributed by atoms with van der Waals surface area (Å²) in [7, 11) is 0. The van der Waals surface area contributed by atoms with Gasteiger partial charge in [-0.25, -0.2) is 4.79 Å². The van der Waals surface area contributed by atoms with E-state index in [4.69, 9.17) is 27.9 Å². The first-order valence-electron chi connectivity index (χ1n) is 7.60. The fraction of sp³-hybridized carbons (Fsp3) is 0.158. The van der Waals surface area contributed by atoms with Crippen LogP contribution in [0, 0.1) is 0 Å². The largest absolute Gasteiger partial charge is 0.452 e. The summed E-state index contributed by atoms with van der Waals surface area (Å²) in [4.78, 5) is 23.6. The molecule has 0 saturated carbocycles. The molecule has 2 aromatic carbocycles. The molecular weight excluding hydrogens is 361 g/mol. The van der Waals surface area contributed by atoms with Crippen LogP contribution in [0.1, 0.15) is 24.1 Å². The van der Waals surface area contributed by atoms with Crippen molar-refractivity contribution < 1.29 is 14.3 Å². The summed E-state index contributed by atoms with van der Waals surface area (Å²) in [5, 5.41) is 3.82. The summed E-state index contributed by atoms with van der Waals surface area (Å²) in [6.07, 6.45) is 2.76. The predicted molar refractivity (Wildman–Crippen MR) is 99.5 cm³/mol. The van der Waals surface area contributed by atoms with Gasteiger partial charge in [-0.3, -0.25) is 4.79 Å². The van der Waals surface area contributed by atoms with Gasteiger partial charge in [-0.05, 0) is 36.3 Å². The van der Waals surface area contributed by atoms with Gasteiger partial charge in [0.15, 0.2) is 6.61 Å². The Balaban J connectivity index is 1.82. The lowest BCUT2D eigenvalue weighted by Crippen LogP contribution is -2.31. The molecule has 6 heteroatoms. The van der Waals surface area contributed by atoms with E-state index in [0.29, 0.717) is 15.6 Å². The van der Waals surface area contributed by atoms with Crippen LogP contribution in [0.4, 0.5) is 0 Å². The lowest BCUT2D eigenvalue weighted by molar-refractivity contribution is -0.144. The molecule has 25 heavy (non-hydrogen) atoms. The number of benzene rings is 2. The van der Waals surface area contributed by atoms with Crippen molar-refractivity contribution in [1.82, 2.24) is 5.32 Å². The molecule has 4 nitrogen and oxygen atoms in total. The smallest absolute Gasteiger partial charge is 0.331 e. The molecule has 2 rings (SSSR count). The van der Waals surface area contributed by atoms with Crippen LogP contribution in [0.3, 0.4) is 0 Å². The molecule has 0 heterocycles. The first-order chi connectivity index (χ1) is 12.0. The normalized spacial score (nSPS) is 12.0. The van der Waals surface area contributed by atoms with Crippen LogP contribution in [0.2, 0.25) is 10.0 Å². The predicted octanol–water partition coefficient (Wildman–Crippen LogP) is 4.43. The summed E-state index contributed by atoms with van der Waals surface area (Å²) in [6.45, 7) is 1.43. The van der Waals surface area contributed by atoms with E-state index < -0.39 is 11.9 Å². The van der Waals surface area contributed by atoms with Crippen LogP contribution in [-0.4, -0.2) is 18.5 Å². The molecule has 0 bridgehead atoms. The van der Waals surface area contributed by atoms with Gasteiger partial charge in [0.1, 0.15) is 0 Å². The number of halogens is 2. The van der Waals surface area contributed by atoms with E-state index >= 15 is 0 Å². The number of carbonyl (C=O) groups is 2. The maximum atomic E-state index is 11.9. The van der Waals surface area contributed by atoms with Crippen LogP contribution in [0.15, 0.2) is 54.6 Å². The van der Waals surface area contributed by atoms with E-state index in [1.54, 1.807) is 37.3 Å². The van der Waals surface area contributed by atoms with E-state index in [2.05, 4.69) is 5.32 Å². The van der Waals surface area contributed by atoms with E-state index in [-0.39, 0.29) is 12.6 Å². The average molecular weight is 378 g/mol. The quantitative estimate of drug-likeness (QED) is 0.598. The van der Waals surface area contributed by atoms with Crippen molar-refractivity contribution in [3.63, 3.8) is 0 Å². The number of hydrogen-bond donors (Lipinski definition) is 1. The third kappa shape index (κ3) is 5.93. The molecule has 0 spiro atoms. The Kier molecular flexibility index (Phi) is 7.04. The van der Waals surface area contributed by atoms with Crippen molar-refractivity contribution >= 4 is 41.2 Å². The minimum atomic E-state index is -0.625. The number of amides is 1. The van der Waals surface area contributed by atoms with Crippen molar-refractivity contribution in [3.8, 4) is 0 Å². The molecule has 2 aromatic rings. The topological polar surface area (TPSA) is 55.4 Å². The second kappa shape index (κ2) is 9.25. The van der Waals surface area contributed by atoms with Crippen LogP contribution in [-0.2, 0) is 14.3 Å². The van der Waals surface area contributed by atoms with E-state index in [1.807, 2.05) is 18.2 Å². The molecule has 0 aromatic heterocycles. The summed E-state index contributed by atoms with van der Waals surface area (Å²) in [6, 6.07) is 14.0. The SMILES string of the molecule is C[C@@H](NC(=O)COC(=O)/C=C/c1ccccc1Cl)c1ccccc1Cl. The Hall–Kier alpha value is -2.30. The maximum absolute atomic E-state index is 11.9. The molecule has 0 unspecified atom stereocenters. The number of nitrogens with one attached hydrogen (secondary N) is 1. The number of ether oxygens (including phenoxy) is 1. The summed E-state index contributed by atoms with van der Waals surface area (Å²) < 4.78 is 4.92. The summed E-state index contributed by atoms with van der Waals surface area (Å²) in [5.74, 6) is -1.03. The van der Waals surface area contributed by atoms with Crippen molar-refractivity contribution in [2.75, 3.05) is 6.61 Å². The second-order valence-electron chi connectivity index (χ2n) is 5.27. The van der Waals surface area contributed by atoms with Gasteiger partial charge in [-0.15, -0.1) is 0 Å². The van der Waals surface area contributed by atoms with Crippen LogP contribution in [0.25, 0.3) is 6.08 Å². The first kappa shape index (κ1) is 19.0. The molecule has 0 fully saturated rings. The highest BCUT2D eigenvalue weighted by atomic mass is 35.5. The van der Waals surface area contributed by atoms with E-state index in [1.165, 1.54) is 12.2 Å². The van der Waals surface area contributed by atoms with Crippen molar-refractivity contribution in [2.24, 2.45) is 0 Å². The molecule has 1 N–H and O–H groups in total. The molecule has 0 aliphatic rings. The zero-order valence-electron chi connectivity index (χ0n) is 13.5. The third-order valence-corrected chi connectivity index (χ3v) is 4.09.